The number of para-hydroxylation sites is 1. The maximum Gasteiger partial charge on any atom is 0.328 e. The lowest BCUT2D eigenvalue weighted by Crippen LogP contribution is -2.47. The highest BCUT2D eigenvalue weighted by molar-refractivity contribution is 6.14. The molecule has 104 valence electrons. The number of carbonyl (C=O) groups is 1. The molecule has 0 fully saturated rings. The molecule has 0 aliphatic carbocycles. The number of anilines is 1. The highest BCUT2D eigenvalue weighted by atomic mass is 16.2. The van der Waals surface area contributed by atoms with Crippen molar-refractivity contribution in [3.8, 4) is 0 Å². The molecule has 1 aromatic rings. The van der Waals surface area contributed by atoms with Gasteiger partial charge in [-0.2, -0.15) is 0 Å². The summed E-state index contributed by atoms with van der Waals surface area (Å²) < 4.78 is 0. The van der Waals surface area contributed by atoms with E-state index in [0.717, 1.165) is 36.1 Å². The molecule has 0 aliphatic heterocycles. The summed E-state index contributed by atoms with van der Waals surface area (Å²) in [6, 6.07) is 5.55. The number of nitrogens with zero attached hydrogens (tertiary/aromatic N) is 1. The van der Waals surface area contributed by atoms with E-state index in [4.69, 9.17) is 11.1 Å². The first kappa shape index (κ1) is 15.0. The van der Waals surface area contributed by atoms with Gasteiger partial charge in [-0.1, -0.05) is 38.5 Å². The third-order valence-corrected chi connectivity index (χ3v) is 2.98. The number of carbonyl (C=O) groups excluding carboxylic acids is 1. The van der Waals surface area contributed by atoms with Crippen LogP contribution >= 0.6 is 0 Å². The highest BCUT2D eigenvalue weighted by Gasteiger charge is 2.22. The van der Waals surface area contributed by atoms with Crippen LogP contribution in [0.2, 0.25) is 0 Å². The Hall–Kier alpha value is -2.04. The first-order valence-corrected chi connectivity index (χ1v) is 6.53. The average Bonchev–Trinajstić information content (AvgIpc) is 2.40. The van der Waals surface area contributed by atoms with Gasteiger partial charge in [0.25, 0.3) is 0 Å². The van der Waals surface area contributed by atoms with Gasteiger partial charge in [0.15, 0.2) is 0 Å². The van der Waals surface area contributed by atoms with Gasteiger partial charge in [-0.15, -0.1) is 0 Å². The molecule has 0 saturated heterocycles. The maximum absolute atomic E-state index is 12.0. The lowest BCUT2D eigenvalue weighted by Gasteiger charge is -2.25. The van der Waals surface area contributed by atoms with Gasteiger partial charge in [-0.25, -0.2) is 9.69 Å². The van der Waals surface area contributed by atoms with Crippen LogP contribution in [0.1, 0.15) is 31.4 Å². The van der Waals surface area contributed by atoms with E-state index in [1.54, 1.807) is 0 Å². The molecule has 4 N–H and O–H groups in total. The van der Waals surface area contributed by atoms with Crippen molar-refractivity contribution in [2.75, 3.05) is 11.9 Å². The highest BCUT2D eigenvalue weighted by Crippen LogP contribution is 2.27. The Morgan fingerprint density at radius 1 is 1.37 bits per heavy atom. The first-order chi connectivity index (χ1) is 9.06. The van der Waals surface area contributed by atoms with Crippen molar-refractivity contribution in [2.24, 2.45) is 5.73 Å². The molecule has 1 aromatic carbocycles. The molecule has 5 heteroatoms. The van der Waals surface area contributed by atoms with E-state index in [0.29, 0.717) is 0 Å². The number of hydrogen-bond acceptors (Lipinski definition) is 2. The fraction of sp³-hybridized carbons (Fsp3) is 0.429. The Morgan fingerprint density at radius 3 is 2.47 bits per heavy atom. The van der Waals surface area contributed by atoms with Gasteiger partial charge in [0.05, 0.1) is 5.69 Å². The lowest BCUT2D eigenvalue weighted by molar-refractivity contribution is 0.251. The van der Waals surface area contributed by atoms with Gasteiger partial charge in [0.1, 0.15) is 0 Å². The van der Waals surface area contributed by atoms with Crippen molar-refractivity contribution in [1.82, 2.24) is 5.32 Å². The largest absolute Gasteiger partial charge is 0.369 e. The second-order valence-corrected chi connectivity index (χ2v) is 4.30. The van der Waals surface area contributed by atoms with Crippen LogP contribution in [-0.4, -0.2) is 19.0 Å². The molecular weight excluding hydrogens is 240 g/mol. The molecule has 0 bridgehead atoms. The molecule has 5 nitrogen and oxygen atoms in total. The maximum atomic E-state index is 12.0. The molecule has 2 amide bonds. The molecule has 0 heterocycles. The SMILES string of the molecule is CCCc1cccc(CC)c1N(C(=N)N)C(=O)NC. The molecule has 0 aliphatic rings. The lowest BCUT2D eigenvalue weighted by atomic mass is 10.0. The third kappa shape index (κ3) is 3.24. The third-order valence-electron chi connectivity index (χ3n) is 2.98. The number of urea groups is 1. The second kappa shape index (κ2) is 6.78. The van der Waals surface area contributed by atoms with Crippen molar-refractivity contribution >= 4 is 17.7 Å². The Kier molecular flexibility index (Phi) is 5.36. The number of guanidine groups is 1. The van der Waals surface area contributed by atoms with E-state index < -0.39 is 0 Å². The molecular formula is C14H22N4O. The van der Waals surface area contributed by atoms with Gasteiger partial charge >= 0.3 is 6.03 Å². The average molecular weight is 262 g/mol. The molecule has 19 heavy (non-hydrogen) atoms. The summed E-state index contributed by atoms with van der Waals surface area (Å²) in [5.41, 5.74) is 8.39. The van der Waals surface area contributed by atoms with E-state index in [1.165, 1.54) is 11.9 Å². The summed E-state index contributed by atoms with van der Waals surface area (Å²) in [6.45, 7) is 4.11. The Bertz CT molecular complexity index is 471. The van der Waals surface area contributed by atoms with Gasteiger partial charge < -0.3 is 11.1 Å². The smallest absolute Gasteiger partial charge is 0.328 e. The zero-order valence-corrected chi connectivity index (χ0v) is 11.8. The molecule has 0 unspecified atom stereocenters. The standard InChI is InChI=1S/C14H22N4O/c1-4-7-11-9-6-8-10(5-2)12(11)18(13(15)16)14(19)17-3/h6,8-9H,4-5,7H2,1-3H3,(H3,15,16)(H,17,19). The number of benzene rings is 1. The minimum absolute atomic E-state index is 0.266. The normalized spacial score (nSPS) is 10.1. The van der Waals surface area contributed by atoms with Crippen molar-refractivity contribution in [3.05, 3.63) is 29.3 Å². The van der Waals surface area contributed by atoms with E-state index in [-0.39, 0.29) is 12.0 Å². The predicted octanol–water partition coefficient (Wildman–Crippen LogP) is 2.24. The van der Waals surface area contributed by atoms with Crippen molar-refractivity contribution in [2.45, 2.75) is 33.1 Å². The molecule has 0 saturated carbocycles. The quantitative estimate of drug-likeness (QED) is 0.574. The second-order valence-electron chi connectivity index (χ2n) is 4.30. The van der Waals surface area contributed by atoms with Crippen LogP contribution in [-0.2, 0) is 12.8 Å². The van der Waals surface area contributed by atoms with Crippen LogP contribution in [0.25, 0.3) is 0 Å². The van der Waals surface area contributed by atoms with Gasteiger partial charge in [0, 0.05) is 7.05 Å². The summed E-state index contributed by atoms with van der Waals surface area (Å²) in [7, 11) is 1.53. The van der Waals surface area contributed by atoms with Crippen LogP contribution in [0.5, 0.6) is 0 Å². The van der Waals surface area contributed by atoms with Gasteiger partial charge in [0.2, 0.25) is 5.96 Å². The van der Waals surface area contributed by atoms with Gasteiger partial charge in [-0.05, 0) is 24.0 Å². The van der Waals surface area contributed by atoms with Crippen LogP contribution in [0, 0.1) is 5.41 Å². The van der Waals surface area contributed by atoms with Crippen molar-refractivity contribution in [1.29, 1.82) is 5.41 Å². The first-order valence-electron chi connectivity index (χ1n) is 6.53. The van der Waals surface area contributed by atoms with E-state index in [2.05, 4.69) is 12.2 Å². The van der Waals surface area contributed by atoms with Crippen LogP contribution in [0.4, 0.5) is 10.5 Å². The number of rotatable bonds is 4. The summed E-state index contributed by atoms with van der Waals surface area (Å²) in [5, 5.41) is 10.2. The monoisotopic (exact) mass is 262 g/mol. The van der Waals surface area contributed by atoms with E-state index >= 15 is 0 Å². The summed E-state index contributed by atoms with van der Waals surface area (Å²) in [4.78, 5) is 13.2. The van der Waals surface area contributed by atoms with Crippen molar-refractivity contribution in [3.63, 3.8) is 0 Å². The zero-order valence-electron chi connectivity index (χ0n) is 11.8. The van der Waals surface area contributed by atoms with Crippen LogP contribution in [0.3, 0.4) is 0 Å². The minimum Gasteiger partial charge on any atom is -0.369 e. The molecule has 1 rings (SSSR count). The Labute approximate surface area is 114 Å². The topological polar surface area (TPSA) is 82.2 Å². The summed E-state index contributed by atoms with van der Waals surface area (Å²) in [5.74, 6) is -0.266. The number of hydrogen-bond donors (Lipinski definition) is 3. The Balaban J connectivity index is 3.41. The molecule has 0 aromatic heterocycles. The summed E-state index contributed by atoms with van der Waals surface area (Å²) >= 11 is 0. The van der Waals surface area contributed by atoms with E-state index in [1.807, 2.05) is 25.1 Å². The van der Waals surface area contributed by atoms with Gasteiger partial charge in [-0.3, -0.25) is 5.41 Å². The Morgan fingerprint density at radius 2 is 2.00 bits per heavy atom. The van der Waals surface area contributed by atoms with E-state index in [9.17, 15) is 4.79 Å². The number of aryl methyl sites for hydroxylation is 2. The summed E-state index contributed by atoms with van der Waals surface area (Å²) in [6.07, 6.45) is 2.61. The number of amides is 2. The predicted molar refractivity (Wildman–Crippen MR) is 78.7 cm³/mol. The molecule has 0 spiro atoms. The molecule has 0 radical (unpaired) electrons. The molecule has 0 atom stereocenters. The minimum atomic E-state index is -0.384. The fourth-order valence-electron chi connectivity index (χ4n) is 2.13. The van der Waals surface area contributed by atoms with Crippen LogP contribution in [0.15, 0.2) is 18.2 Å². The number of nitrogens with two attached hydrogens (primary N) is 1. The van der Waals surface area contributed by atoms with Crippen molar-refractivity contribution < 1.29 is 4.79 Å². The zero-order chi connectivity index (χ0) is 14.4. The fourth-order valence-corrected chi connectivity index (χ4v) is 2.13. The number of nitrogens with one attached hydrogen (secondary N) is 2. The van der Waals surface area contributed by atoms with Crippen LogP contribution < -0.4 is 16.0 Å².